The zero-order chi connectivity index (χ0) is 14.3. The number of hydrogen-bond acceptors (Lipinski definition) is 5. The minimum absolute atomic E-state index is 0.282. The Labute approximate surface area is 113 Å². The van der Waals surface area contributed by atoms with Crippen LogP contribution in [0.5, 0.6) is 0 Å². The summed E-state index contributed by atoms with van der Waals surface area (Å²) in [5, 5.41) is 2.25. The number of thiazole rings is 1. The summed E-state index contributed by atoms with van der Waals surface area (Å²) in [4.78, 5) is 3.93. The lowest BCUT2D eigenvalue weighted by Gasteiger charge is -2.16. The number of hydrogen-bond donors (Lipinski definition) is 1. The molecule has 8 heteroatoms. The molecule has 0 bridgehead atoms. The Kier molecular flexibility index (Phi) is 6.70. The van der Waals surface area contributed by atoms with Crippen molar-refractivity contribution in [3.05, 3.63) is 16.1 Å². The topological polar surface area (TPSA) is 43.4 Å². The van der Waals surface area contributed by atoms with Gasteiger partial charge in [-0.3, -0.25) is 0 Å². The highest BCUT2D eigenvalue weighted by Crippen LogP contribution is 2.34. The van der Waals surface area contributed by atoms with E-state index in [4.69, 9.17) is 9.47 Å². The number of rotatable bonds is 8. The van der Waals surface area contributed by atoms with Crippen molar-refractivity contribution in [2.45, 2.75) is 19.1 Å². The second kappa shape index (κ2) is 7.78. The summed E-state index contributed by atoms with van der Waals surface area (Å²) < 4.78 is 47.6. The third-order valence-electron chi connectivity index (χ3n) is 2.28. The molecule has 0 spiro atoms. The number of ether oxygens (including phenoxy) is 2. The molecule has 1 N–H and O–H groups in total. The summed E-state index contributed by atoms with van der Waals surface area (Å²) in [6.45, 7) is 3.67. The number of nitrogens with one attached hydrogen (secondary N) is 1. The molecule has 110 valence electrons. The van der Waals surface area contributed by atoms with Crippen LogP contribution in [0.2, 0.25) is 0 Å². The molecule has 1 heterocycles. The van der Waals surface area contributed by atoms with Crippen LogP contribution >= 0.6 is 11.3 Å². The van der Waals surface area contributed by atoms with E-state index in [0.717, 1.165) is 0 Å². The average Bonchev–Trinajstić information content (AvgIpc) is 2.82. The first kappa shape index (κ1) is 16.4. The number of methoxy groups -OCH3 is 1. The molecule has 0 saturated carbocycles. The molecular weight excluding hydrogens is 281 g/mol. The normalized spacial score (nSPS) is 13.7. The van der Waals surface area contributed by atoms with E-state index in [9.17, 15) is 13.2 Å². The van der Waals surface area contributed by atoms with Crippen molar-refractivity contribution in [3.63, 3.8) is 0 Å². The van der Waals surface area contributed by atoms with Crippen LogP contribution in [-0.4, -0.2) is 38.5 Å². The fourth-order valence-electron chi connectivity index (χ4n) is 1.41. The summed E-state index contributed by atoms with van der Waals surface area (Å²) in [5.41, 5.74) is 0. The molecule has 0 amide bonds. The standard InChI is InChI=1S/C11H17F3N2O2S/c1-3-15-8(7-18-5-4-17-2)9-6-16-10(19-9)11(12,13)14/h6,8,15H,3-5,7H2,1-2H3. The van der Waals surface area contributed by atoms with Gasteiger partial charge in [0.25, 0.3) is 0 Å². The first-order valence-electron chi connectivity index (χ1n) is 5.82. The Morgan fingerprint density at radius 3 is 2.68 bits per heavy atom. The van der Waals surface area contributed by atoms with Gasteiger partial charge in [0.1, 0.15) is 0 Å². The van der Waals surface area contributed by atoms with Gasteiger partial charge in [0.2, 0.25) is 0 Å². The molecule has 1 aromatic heterocycles. The average molecular weight is 298 g/mol. The van der Waals surface area contributed by atoms with Gasteiger partial charge in [-0.25, -0.2) is 4.98 Å². The summed E-state index contributed by atoms with van der Waals surface area (Å²) >= 11 is 0.642. The second-order valence-corrected chi connectivity index (χ2v) is 4.81. The number of alkyl halides is 3. The molecule has 0 aliphatic carbocycles. The second-order valence-electron chi connectivity index (χ2n) is 3.74. The van der Waals surface area contributed by atoms with Gasteiger partial charge < -0.3 is 14.8 Å². The summed E-state index contributed by atoms with van der Waals surface area (Å²) in [7, 11) is 1.56. The van der Waals surface area contributed by atoms with E-state index in [2.05, 4.69) is 10.3 Å². The molecule has 0 fully saturated rings. The third kappa shape index (κ3) is 5.43. The van der Waals surface area contributed by atoms with E-state index in [1.807, 2.05) is 6.92 Å². The lowest BCUT2D eigenvalue weighted by molar-refractivity contribution is -0.137. The predicted octanol–water partition coefficient (Wildman–Crippen LogP) is 2.48. The van der Waals surface area contributed by atoms with Gasteiger partial charge in [0.15, 0.2) is 5.01 Å². The molecule has 19 heavy (non-hydrogen) atoms. The Morgan fingerprint density at radius 1 is 1.42 bits per heavy atom. The Morgan fingerprint density at radius 2 is 2.16 bits per heavy atom. The number of aromatic nitrogens is 1. The molecule has 1 unspecified atom stereocenters. The van der Waals surface area contributed by atoms with Crippen LogP contribution in [0.25, 0.3) is 0 Å². The monoisotopic (exact) mass is 298 g/mol. The smallest absolute Gasteiger partial charge is 0.382 e. The number of halogens is 3. The molecule has 0 aliphatic heterocycles. The SMILES string of the molecule is CCNC(COCCOC)c1cnc(C(F)(F)F)s1. The largest absolute Gasteiger partial charge is 0.443 e. The molecule has 1 aromatic rings. The highest BCUT2D eigenvalue weighted by atomic mass is 32.1. The van der Waals surface area contributed by atoms with Gasteiger partial charge in [0.05, 0.1) is 25.9 Å². The maximum absolute atomic E-state index is 12.5. The first-order valence-corrected chi connectivity index (χ1v) is 6.63. The van der Waals surface area contributed by atoms with E-state index in [0.29, 0.717) is 36.0 Å². The Balaban J connectivity index is 2.62. The van der Waals surface area contributed by atoms with Crippen molar-refractivity contribution in [1.82, 2.24) is 10.3 Å². The van der Waals surface area contributed by atoms with Gasteiger partial charge >= 0.3 is 6.18 Å². The maximum atomic E-state index is 12.5. The third-order valence-corrected chi connectivity index (χ3v) is 3.43. The minimum Gasteiger partial charge on any atom is -0.382 e. The van der Waals surface area contributed by atoms with E-state index in [-0.39, 0.29) is 12.6 Å². The van der Waals surface area contributed by atoms with Gasteiger partial charge in [0, 0.05) is 18.2 Å². The fourth-order valence-corrected chi connectivity index (χ4v) is 2.25. The van der Waals surface area contributed by atoms with Crippen molar-refractivity contribution < 1.29 is 22.6 Å². The molecule has 0 saturated heterocycles. The van der Waals surface area contributed by atoms with E-state index in [1.165, 1.54) is 6.20 Å². The maximum Gasteiger partial charge on any atom is 0.443 e. The lowest BCUT2D eigenvalue weighted by Crippen LogP contribution is -2.25. The van der Waals surface area contributed by atoms with Gasteiger partial charge in [-0.2, -0.15) is 13.2 Å². The molecule has 0 aliphatic rings. The van der Waals surface area contributed by atoms with Crippen molar-refractivity contribution in [2.75, 3.05) is 33.5 Å². The van der Waals surface area contributed by atoms with Crippen molar-refractivity contribution >= 4 is 11.3 Å². The summed E-state index contributed by atoms with van der Waals surface area (Å²) in [6.07, 6.45) is -3.14. The van der Waals surface area contributed by atoms with E-state index >= 15 is 0 Å². The lowest BCUT2D eigenvalue weighted by atomic mass is 10.3. The quantitative estimate of drug-likeness (QED) is 0.749. The van der Waals surface area contributed by atoms with E-state index in [1.54, 1.807) is 7.11 Å². The van der Waals surface area contributed by atoms with Gasteiger partial charge in [-0.05, 0) is 6.54 Å². The van der Waals surface area contributed by atoms with Crippen LogP contribution in [0, 0.1) is 0 Å². The molecule has 4 nitrogen and oxygen atoms in total. The van der Waals surface area contributed by atoms with Crippen LogP contribution in [0.4, 0.5) is 13.2 Å². The van der Waals surface area contributed by atoms with Crippen molar-refractivity contribution in [2.24, 2.45) is 0 Å². The number of nitrogens with zero attached hydrogens (tertiary/aromatic N) is 1. The van der Waals surface area contributed by atoms with Crippen LogP contribution in [-0.2, 0) is 15.7 Å². The Bertz CT molecular complexity index is 371. The van der Waals surface area contributed by atoms with Crippen LogP contribution in [0.3, 0.4) is 0 Å². The van der Waals surface area contributed by atoms with Crippen molar-refractivity contribution in [3.8, 4) is 0 Å². The zero-order valence-electron chi connectivity index (χ0n) is 10.8. The highest BCUT2D eigenvalue weighted by molar-refractivity contribution is 7.11. The van der Waals surface area contributed by atoms with Gasteiger partial charge in [-0.15, -0.1) is 11.3 Å². The summed E-state index contributed by atoms with van der Waals surface area (Å²) in [5.74, 6) is 0. The van der Waals surface area contributed by atoms with Crippen LogP contribution in [0.1, 0.15) is 22.9 Å². The molecule has 1 rings (SSSR count). The van der Waals surface area contributed by atoms with Crippen molar-refractivity contribution in [1.29, 1.82) is 0 Å². The number of likely N-dealkylation sites (N-methyl/N-ethyl adjacent to an activating group) is 1. The molecular formula is C11H17F3N2O2S. The molecule has 1 atom stereocenters. The fraction of sp³-hybridized carbons (Fsp3) is 0.727. The van der Waals surface area contributed by atoms with Gasteiger partial charge in [-0.1, -0.05) is 6.92 Å². The Hall–Kier alpha value is -0.700. The highest BCUT2D eigenvalue weighted by Gasteiger charge is 2.35. The van der Waals surface area contributed by atoms with Crippen LogP contribution < -0.4 is 5.32 Å². The molecule has 0 radical (unpaired) electrons. The van der Waals surface area contributed by atoms with Crippen LogP contribution in [0.15, 0.2) is 6.20 Å². The zero-order valence-corrected chi connectivity index (χ0v) is 11.6. The summed E-state index contributed by atoms with van der Waals surface area (Å²) in [6, 6.07) is -0.282. The van der Waals surface area contributed by atoms with E-state index < -0.39 is 11.2 Å². The first-order chi connectivity index (χ1) is 8.99. The predicted molar refractivity (Wildman–Crippen MR) is 66.2 cm³/mol. The minimum atomic E-state index is -4.39. The molecule has 0 aromatic carbocycles.